The van der Waals surface area contributed by atoms with E-state index in [-0.39, 0.29) is 5.25 Å². The molecule has 2 aliphatic heterocycles. The molecule has 1 saturated carbocycles. The fourth-order valence-corrected chi connectivity index (χ4v) is 5.34. The van der Waals surface area contributed by atoms with Gasteiger partial charge in [-0.15, -0.1) is 0 Å². The number of nitrogens with zero attached hydrogens (tertiary/aromatic N) is 5. The normalized spacial score (nSPS) is 23.5. The molecule has 0 atom stereocenters. The van der Waals surface area contributed by atoms with E-state index in [0.29, 0.717) is 26.2 Å². The molecule has 8 heteroatoms. The summed E-state index contributed by atoms with van der Waals surface area (Å²) in [6.45, 7) is 4.56. The third-order valence-corrected chi connectivity index (χ3v) is 7.53. The van der Waals surface area contributed by atoms with Gasteiger partial charge >= 0.3 is 0 Å². The first kappa shape index (κ1) is 16.1. The molecule has 0 radical (unpaired) electrons. The molecule has 4 rings (SSSR count). The van der Waals surface area contributed by atoms with Gasteiger partial charge in [-0.05, 0) is 38.2 Å². The molecule has 3 aliphatic rings. The van der Waals surface area contributed by atoms with Crippen molar-refractivity contribution in [2.45, 2.75) is 37.4 Å². The van der Waals surface area contributed by atoms with Crippen LogP contribution in [0.15, 0.2) is 12.3 Å². The van der Waals surface area contributed by atoms with Crippen molar-refractivity contribution in [1.82, 2.24) is 14.3 Å². The molecule has 2 saturated heterocycles. The van der Waals surface area contributed by atoms with Gasteiger partial charge in [0.1, 0.15) is 5.82 Å². The van der Waals surface area contributed by atoms with Crippen LogP contribution in [0.2, 0.25) is 0 Å². The summed E-state index contributed by atoms with van der Waals surface area (Å²) < 4.78 is 26.3. The summed E-state index contributed by atoms with van der Waals surface area (Å²) in [4.78, 5) is 13.6. The summed E-state index contributed by atoms with van der Waals surface area (Å²) in [6.07, 6.45) is 7.16. The van der Waals surface area contributed by atoms with Crippen LogP contribution in [0.1, 0.15) is 32.1 Å². The Morgan fingerprint density at radius 1 is 0.917 bits per heavy atom. The van der Waals surface area contributed by atoms with Crippen LogP contribution in [0.25, 0.3) is 0 Å². The topological polar surface area (TPSA) is 69.6 Å². The highest BCUT2D eigenvalue weighted by Gasteiger charge is 2.41. The predicted octanol–water partition coefficient (Wildman–Crippen LogP) is 1.08. The van der Waals surface area contributed by atoms with Crippen molar-refractivity contribution < 1.29 is 8.42 Å². The summed E-state index contributed by atoms with van der Waals surface area (Å²) in [5, 5.41) is -0.117. The minimum absolute atomic E-state index is 0.117. The lowest BCUT2D eigenvalue weighted by atomic mass is 10.1. The molecular formula is C16H25N5O2S. The molecule has 3 heterocycles. The van der Waals surface area contributed by atoms with E-state index < -0.39 is 10.0 Å². The van der Waals surface area contributed by atoms with Gasteiger partial charge in [0.2, 0.25) is 16.0 Å². The second kappa shape index (κ2) is 6.48. The molecule has 3 fully saturated rings. The van der Waals surface area contributed by atoms with Gasteiger partial charge < -0.3 is 9.80 Å². The molecule has 132 valence electrons. The van der Waals surface area contributed by atoms with Crippen LogP contribution >= 0.6 is 0 Å². The van der Waals surface area contributed by atoms with Crippen LogP contribution in [0.5, 0.6) is 0 Å². The number of rotatable bonds is 4. The summed E-state index contributed by atoms with van der Waals surface area (Å²) in [5.74, 6) is 1.72. The average molecular weight is 351 g/mol. The van der Waals surface area contributed by atoms with E-state index in [0.717, 1.165) is 37.7 Å². The van der Waals surface area contributed by atoms with Crippen molar-refractivity contribution in [2.75, 3.05) is 49.1 Å². The van der Waals surface area contributed by atoms with Gasteiger partial charge in [0.15, 0.2) is 0 Å². The van der Waals surface area contributed by atoms with Crippen molar-refractivity contribution in [3.63, 3.8) is 0 Å². The zero-order chi connectivity index (χ0) is 16.6. The van der Waals surface area contributed by atoms with E-state index in [1.54, 1.807) is 4.31 Å². The molecule has 0 amide bonds. The second-order valence-electron chi connectivity index (χ2n) is 6.89. The Bertz CT molecular complexity index is 677. The van der Waals surface area contributed by atoms with Gasteiger partial charge in [-0.25, -0.2) is 13.4 Å². The monoisotopic (exact) mass is 351 g/mol. The van der Waals surface area contributed by atoms with Crippen molar-refractivity contribution in [3.05, 3.63) is 12.3 Å². The number of hydrogen-bond donors (Lipinski definition) is 0. The first-order chi connectivity index (χ1) is 11.6. The third kappa shape index (κ3) is 3.21. The highest BCUT2D eigenvalue weighted by Crippen LogP contribution is 2.31. The number of sulfonamides is 1. The fraction of sp³-hybridized carbons (Fsp3) is 0.750. The zero-order valence-electron chi connectivity index (χ0n) is 14.0. The molecule has 0 aromatic carbocycles. The maximum absolute atomic E-state index is 12.3. The lowest BCUT2D eigenvalue weighted by Gasteiger charge is -2.35. The zero-order valence-corrected chi connectivity index (χ0v) is 14.8. The van der Waals surface area contributed by atoms with Crippen LogP contribution in [0, 0.1) is 0 Å². The third-order valence-electron chi connectivity index (χ3n) is 5.14. The SMILES string of the molecule is O=S(=O)(C1CC1)N1CCN(c2ccnc(N3CCCCC3)n2)CC1. The number of hydrogen-bond acceptors (Lipinski definition) is 6. The molecule has 0 bridgehead atoms. The molecule has 0 N–H and O–H groups in total. The Kier molecular flexibility index (Phi) is 4.34. The van der Waals surface area contributed by atoms with Gasteiger partial charge in [0.25, 0.3) is 0 Å². The Hall–Kier alpha value is -1.41. The maximum Gasteiger partial charge on any atom is 0.227 e. The maximum atomic E-state index is 12.3. The molecule has 0 unspecified atom stereocenters. The Morgan fingerprint density at radius 3 is 2.29 bits per heavy atom. The van der Waals surface area contributed by atoms with Crippen LogP contribution in [-0.2, 0) is 10.0 Å². The van der Waals surface area contributed by atoms with Gasteiger partial charge in [0.05, 0.1) is 5.25 Å². The minimum Gasteiger partial charge on any atom is -0.354 e. The summed E-state index contributed by atoms with van der Waals surface area (Å²) in [6, 6.07) is 1.93. The lowest BCUT2D eigenvalue weighted by Crippen LogP contribution is -2.49. The molecule has 1 aliphatic carbocycles. The van der Waals surface area contributed by atoms with Crippen LogP contribution in [0.4, 0.5) is 11.8 Å². The van der Waals surface area contributed by atoms with Crippen LogP contribution in [-0.4, -0.2) is 67.2 Å². The number of piperidine rings is 1. The largest absolute Gasteiger partial charge is 0.354 e. The molecular weight excluding hydrogens is 326 g/mol. The van der Waals surface area contributed by atoms with Gasteiger partial charge in [-0.2, -0.15) is 9.29 Å². The van der Waals surface area contributed by atoms with E-state index in [4.69, 9.17) is 4.98 Å². The Balaban J connectivity index is 1.42. The van der Waals surface area contributed by atoms with Crippen molar-refractivity contribution in [3.8, 4) is 0 Å². The second-order valence-corrected chi connectivity index (χ2v) is 9.11. The molecule has 1 aromatic heterocycles. The van der Waals surface area contributed by atoms with E-state index in [2.05, 4.69) is 14.8 Å². The summed E-state index contributed by atoms with van der Waals surface area (Å²) in [7, 11) is -3.05. The van der Waals surface area contributed by atoms with E-state index in [1.165, 1.54) is 19.3 Å². The summed E-state index contributed by atoms with van der Waals surface area (Å²) >= 11 is 0. The average Bonchev–Trinajstić information content (AvgIpc) is 3.48. The number of aromatic nitrogens is 2. The molecule has 0 spiro atoms. The molecule has 7 nitrogen and oxygen atoms in total. The minimum atomic E-state index is -3.05. The smallest absolute Gasteiger partial charge is 0.227 e. The lowest BCUT2D eigenvalue weighted by molar-refractivity contribution is 0.383. The summed E-state index contributed by atoms with van der Waals surface area (Å²) in [5.41, 5.74) is 0. The highest BCUT2D eigenvalue weighted by atomic mass is 32.2. The first-order valence-corrected chi connectivity index (χ1v) is 10.5. The van der Waals surface area contributed by atoms with Gasteiger partial charge in [-0.1, -0.05) is 0 Å². The van der Waals surface area contributed by atoms with Crippen molar-refractivity contribution in [1.29, 1.82) is 0 Å². The highest BCUT2D eigenvalue weighted by molar-refractivity contribution is 7.90. The Labute approximate surface area is 143 Å². The van der Waals surface area contributed by atoms with Gasteiger partial charge in [0, 0.05) is 45.5 Å². The quantitative estimate of drug-likeness (QED) is 0.809. The number of anilines is 2. The first-order valence-electron chi connectivity index (χ1n) is 8.96. The molecule has 24 heavy (non-hydrogen) atoms. The van der Waals surface area contributed by atoms with E-state index >= 15 is 0 Å². The van der Waals surface area contributed by atoms with Crippen molar-refractivity contribution in [2.24, 2.45) is 0 Å². The predicted molar refractivity (Wildman–Crippen MR) is 93.8 cm³/mol. The fourth-order valence-electron chi connectivity index (χ4n) is 3.51. The van der Waals surface area contributed by atoms with Crippen molar-refractivity contribution >= 4 is 21.8 Å². The number of piperazine rings is 1. The van der Waals surface area contributed by atoms with Crippen LogP contribution < -0.4 is 9.80 Å². The van der Waals surface area contributed by atoms with E-state index in [1.807, 2.05) is 12.3 Å². The standard InChI is InChI=1S/C16H25N5O2S/c22-24(23,14-4-5-14)21-12-10-19(11-13-21)15-6-7-17-16(18-15)20-8-2-1-3-9-20/h6-7,14H,1-5,8-13H2. The molecule has 1 aromatic rings. The Morgan fingerprint density at radius 2 is 1.62 bits per heavy atom. The van der Waals surface area contributed by atoms with Crippen LogP contribution in [0.3, 0.4) is 0 Å². The van der Waals surface area contributed by atoms with E-state index in [9.17, 15) is 8.42 Å². The van der Waals surface area contributed by atoms with Gasteiger partial charge in [-0.3, -0.25) is 0 Å².